The second-order valence-electron chi connectivity index (χ2n) is 5.73. The number of methoxy groups -OCH3 is 1. The van der Waals surface area contributed by atoms with E-state index in [1.165, 1.54) is 29.5 Å². The number of carbonyl (C=O) groups is 2. The molecule has 0 spiro atoms. The molecule has 144 valence electrons. The van der Waals surface area contributed by atoms with Crippen molar-refractivity contribution in [3.63, 3.8) is 0 Å². The minimum Gasteiger partial charge on any atom is -0.497 e. The summed E-state index contributed by atoms with van der Waals surface area (Å²) in [6.07, 6.45) is 0. The summed E-state index contributed by atoms with van der Waals surface area (Å²) in [5, 5.41) is 4.97. The van der Waals surface area contributed by atoms with Gasteiger partial charge in [0, 0.05) is 16.5 Å². The van der Waals surface area contributed by atoms with Gasteiger partial charge in [-0.1, -0.05) is 18.2 Å². The van der Waals surface area contributed by atoms with Gasteiger partial charge in [0.05, 0.1) is 12.8 Å². The molecule has 0 radical (unpaired) electrons. The molecule has 2 aromatic carbocycles. The fourth-order valence-corrected chi connectivity index (χ4v) is 3.15. The summed E-state index contributed by atoms with van der Waals surface area (Å²) < 4.78 is 23.4. The smallest absolute Gasteiger partial charge is 0.325 e. The number of halogens is 1. The number of benzene rings is 2. The Morgan fingerprint density at radius 2 is 2.00 bits per heavy atom. The highest BCUT2D eigenvalue weighted by atomic mass is 32.1. The highest BCUT2D eigenvalue weighted by molar-refractivity contribution is 7.13. The molecule has 0 fully saturated rings. The molecule has 8 heteroatoms. The van der Waals surface area contributed by atoms with E-state index in [9.17, 15) is 14.0 Å². The van der Waals surface area contributed by atoms with Crippen molar-refractivity contribution in [1.82, 2.24) is 10.3 Å². The maximum Gasteiger partial charge on any atom is 0.325 e. The van der Waals surface area contributed by atoms with Crippen LogP contribution >= 0.6 is 11.3 Å². The van der Waals surface area contributed by atoms with Crippen LogP contribution in [0.1, 0.15) is 16.1 Å². The van der Waals surface area contributed by atoms with Gasteiger partial charge in [0.15, 0.2) is 0 Å². The third-order valence-corrected chi connectivity index (χ3v) is 4.67. The standard InChI is InChI=1S/C20H17FN2O4S/c1-26-17-7-3-5-14(9-17)20-23-16(12-28-20)11-27-18(24)10-22-19(25)13-4-2-6-15(21)8-13/h2-9,12H,10-11H2,1H3,(H,22,25). The predicted molar refractivity (Wildman–Crippen MR) is 103 cm³/mol. The lowest BCUT2D eigenvalue weighted by atomic mass is 10.2. The molecule has 3 rings (SSSR count). The summed E-state index contributed by atoms with van der Waals surface area (Å²) >= 11 is 1.43. The molecule has 0 saturated heterocycles. The first-order chi connectivity index (χ1) is 13.5. The normalized spacial score (nSPS) is 10.4. The number of amides is 1. The summed E-state index contributed by atoms with van der Waals surface area (Å²) in [7, 11) is 1.60. The Kier molecular flexibility index (Phi) is 6.33. The SMILES string of the molecule is COc1cccc(-c2nc(COC(=O)CNC(=O)c3cccc(F)c3)cs2)c1. The van der Waals surface area contributed by atoms with Crippen LogP contribution in [-0.2, 0) is 16.1 Å². The van der Waals surface area contributed by atoms with Crippen LogP contribution in [-0.4, -0.2) is 30.5 Å². The number of hydrogen-bond donors (Lipinski definition) is 1. The molecular weight excluding hydrogens is 383 g/mol. The molecule has 1 amide bonds. The Balaban J connectivity index is 1.50. The molecule has 0 aliphatic heterocycles. The summed E-state index contributed by atoms with van der Waals surface area (Å²) in [4.78, 5) is 28.1. The molecular formula is C20H17FN2O4S. The molecule has 0 bridgehead atoms. The van der Waals surface area contributed by atoms with E-state index in [1.807, 2.05) is 24.3 Å². The molecule has 28 heavy (non-hydrogen) atoms. The number of nitrogens with one attached hydrogen (secondary N) is 1. The van der Waals surface area contributed by atoms with Gasteiger partial charge in [0.25, 0.3) is 5.91 Å². The Hall–Kier alpha value is -3.26. The number of carbonyl (C=O) groups excluding carboxylic acids is 2. The van der Waals surface area contributed by atoms with E-state index in [1.54, 1.807) is 12.5 Å². The molecule has 1 N–H and O–H groups in total. The molecule has 0 saturated carbocycles. The van der Waals surface area contributed by atoms with Gasteiger partial charge >= 0.3 is 5.97 Å². The van der Waals surface area contributed by atoms with Crippen LogP contribution in [0.25, 0.3) is 10.6 Å². The van der Waals surface area contributed by atoms with E-state index >= 15 is 0 Å². The molecule has 3 aromatic rings. The largest absolute Gasteiger partial charge is 0.497 e. The van der Waals surface area contributed by atoms with Crippen LogP contribution in [0.15, 0.2) is 53.9 Å². The van der Waals surface area contributed by atoms with E-state index in [0.717, 1.165) is 22.4 Å². The number of aromatic nitrogens is 1. The maximum atomic E-state index is 13.1. The van der Waals surface area contributed by atoms with Crippen molar-refractivity contribution < 1.29 is 23.5 Å². The molecule has 0 aliphatic rings. The van der Waals surface area contributed by atoms with Gasteiger partial charge in [-0.05, 0) is 30.3 Å². The summed E-state index contributed by atoms with van der Waals surface area (Å²) in [5.74, 6) is -0.952. The lowest BCUT2D eigenvalue weighted by molar-refractivity contribution is -0.143. The van der Waals surface area contributed by atoms with Crippen molar-refractivity contribution in [2.75, 3.05) is 13.7 Å². The molecule has 1 heterocycles. The predicted octanol–water partition coefficient (Wildman–Crippen LogP) is 3.43. The number of ether oxygens (including phenoxy) is 2. The zero-order valence-electron chi connectivity index (χ0n) is 15.0. The van der Waals surface area contributed by atoms with Gasteiger partial charge in [-0.25, -0.2) is 9.37 Å². The van der Waals surface area contributed by atoms with Crippen molar-refractivity contribution in [2.24, 2.45) is 0 Å². The van der Waals surface area contributed by atoms with E-state index in [2.05, 4.69) is 10.3 Å². The van der Waals surface area contributed by atoms with E-state index in [4.69, 9.17) is 9.47 Å². The van der Waals surface area contributed by atoms with Crippen LogP contribution in [0.2, 0.25) is 0 Å². The number of thiazole rings is 1. The summed E-state index contributed by atoms with van der Waals surface area (Å²) in [5.41, 5.74) is 1.65. The van der Waals surface area contributed by atoms with E-state index in [-0.39, 0.29) is 18.7 Å². The van der Waals surface area contributed by atoms with Gasteiger partial charge < -0.3 is 14.8 Å². The summed E-state index contributed by atoms with van der Waals surface area (Å²) in [6.45, 7) is -0.322. The minimum atomic E-state index is -0.610. The maximum absolute atomic E-state index is 13.1. The average molecular weight is 400 g/mol. The second kappa shape index (κ2) is 9.09. The van der Waals surface area contributed by atoms with Gasteiger partial charge in [-0.15, -0.1) is 11.3 Å². The first-order valence-electron chi connectivity index (χ1n) is 8.33. The van der Waals surface area contributed by atoms with Gasteiger partial charge in [-0.2, -0.15) is 0 Å². The number of nitrogens with zero attached hydrogens (tertiary/aromatic N) is 1. The molecule has 0 atom stereocenters. The summed E-state index contributed by atoms with van der Waals surface area (Å²) in [6, 6.07) is 12.7. The Bertz CT molecular complexity index is 990. The zero-order chi connectivity index (χ0) is 19.9. The Morgan fingerprint density at radius 3 is 2.79 bits per heavy atom. The van der Waals surface area contributed by atoms with Crippen molar-refractivity contribution in [3.05, 3.63) is 71.0 Å². The number of hydrogen-bond acceptors (Lipinski definition) is 6. The quantitative estimate of drug-likeness (QED) is 0.615. The van der Waals surface area contributed by atoms with E-state index < -0.39 is 17.7 Å². The third kappa shape index (κ3) is 5.14. The van der Waals surface area contributed by atoms with Crippen molar-refractivity contribution in [2.45, 2.75) is 6.61 Å². The first kappa shape index (κ1) is 19.5. The van der Waals surface area contributed by atoms with E-state index in [0.29, 0.717) is 5.69 Å². The molecule has 0 unspecified atom stereocenters. The van der Waals surface area contributed by atoms with Crippen molar-refractivity contribution in [1.29, 1.82) is 0 Å². The minimum absolute atomic E-state index is 0.00482. The highest BCUT2D eigenvalue weighted by Gasteiger charge is 2.11. The molecule has 6 nitrogen and oxygen atoms in total. The lowest BCUT2D eigenvalue weighted by Crippen LogP contribution is -2.30. The Morgan fingerprint density at radius 1 is 1.18 bits per heavy atom. The average Bonchev–Trinajstić information content (AvgIpc) is 3.19. The Labute approximate surface area is 164 Å². The van der Waals surface area contributed by atoms with Gasteiger partial charge in [0.1, 0.15) is 29.7 Å². The van der Waals surface area contributed by atoms with Crippen LogP contribution in [0, 0.1) is 5.82 Å². The van der Waals surface area contributed by atoms with Crippen LogP contribution in [0.3, 0.4) is 0 Å². The fraction of sp³-hybridized carbons (Fsp3) is 0.150. The molecule has 0 aliphatic carbocycles. The van der Waals surface area contributed by atoms with Crippen molar-refractivity contribution >= 4 is 23.2 Å². The highest BCUT2D eigenvalue weighted by Crippen LogP contribution is 2.27. The number of rotatable bonds is 7. The van der Waals surface area contributed by atoms with Crippen LogP contribution < -0.4 is 10.1 Å². The molecule has 1 aromatic heterocycles. The van der Waals surface area contributed by atoms with Crippen LogP contribution in [0.4, 0.5) is 4.39 Å². The van der Waals surface area contributed by atoms with Crippen molar-refractivity contribution in [3.8, 4) is 16.3 Å². The monoisotopic (exact) mass is 400 g/mol. The van der Waals surface area contributed by atoms with Crippen LogP contribution in [0.5, 0.6) is 5.75 Å². The third-order valence-electron chi connectivity index (χ3n) is 3.73. The lowest BCUT2D eigenvalue weighted by Gasteiger charge is -2.06. The van der Waals surface area contributed by atoms with Gasteiger partial charge in [0.2, 0.25) is 0 Å². The number of esters is 1. The topological polar surface area (TPSA) is 77.5 Å². The zero-order valence-corrected chi connectivity index (χ0v) is 15.8. The fourth-order valence-electron chi connectivity index (χ4n) is 2.35. The van der Waals surface area contributed by atoms with Gasteiger partial charge in [-0.3, -0.25) is 9.59 Å². The second-order valence-corrected chi connectivity index (χ2v) is 6.59. The first-order valence-corrected chi connectivity index (χ1v) is 9.21.